The molecule has 1 saturated heterocycles. The number of anilines is 1. The largest absolute Gasteiger partial charge is 0.505 e. The summed E-state index contributed by atoms with van der Waals surface area (Å²) in [6, 6.07) is 3.95. The number of nitriles is 1. The molecule has 0 aliphatic carbocycles. The number of aromatic amines is 1. The summed E-state index contributed by atoms with van der Waals surface area (Å²) < 4.78 is 0.310. The number of phenolic OH excluding ortho intramolecular Hbond substituents is 1. The number of phenols is 1. The number of piperazine rings is 1. The molecule has 1 aliphatic heterocycles. The van der Waals surface area contributed by atoms with Crippen LogP contribution in [0, 0.1) is 11.3 Å². The summed E-state index contributed by atoms with van der Waals surface area (Å²) in [4.78, 5) is 17.0. The van der Waals surface area contributed by atoms with E-state index in [1.165, 1.54) is 0 Å². The van der Waals surface area contributed by atoms with Crippen molar-refractivity contribution in [3.8, 4) is 11.8 Å². The normalized spacial score (nSPS) is 21.0. The molecule has 1 fully saturated rings. The topological polar surface area (TPSA) is 92.2 Å². The molecule has 8 heteroatoms. The zero-order valence-electron chi connectivity index (χ0n) is 13.2. The van der Waals surface area contributed by atoms with Crippen molar-refractivity contribution in [3.63, 3.8) is 0 Å². The van der Waals surface area contributed by atoms with Gasteiger partial charge in [0.25, 0.3) is 5.56 Å². The molecule has 24 heavy (non-hydrogen) atoms. The summed E-state index contributed by atoms with van der Waals surface area (Å²) in [5.74, 6) is -0.142. The van der Waals surface area contributed by atoms with Crippen molar-refractivity contribution < 1.29 is 5.11 Å². The number of rotatable bonds is 1. The van der Waals surface area contributed by atoms with E-state index in [0.29, 0.717) is 27.1 Å². The molecule has 0 bridgehead atoms. The molecule has 0 saturated carbocycles. The Labute approximate surface area is 152 Å². The van der Waals surface area contributed by atoms with Gasteiger partial charge in [0.1, 0.15) is 11.6 Å². The van der Waals surface area contributed by atoms with Crippen LogP contribution in [0.25, 0.3) is 10.9 Å². The van der Waals surface area contributed by atoms with Gasteiger partial charge in [-0.1, -0.05) is 11.6 Å². The van der Waals surface area contributed by atoms with Crippen LogP contribution in [0.5, 0.6) is 5.75 Å². The summed E-state index contributed by atoms with van der Waals surface area (Å²) in [6.07, 6.45) is 0. The number of fused-ring (bicyclic) bond motifs is 1. The van der Waals surface area contributed by atoms with E-state index in [4.69, 9.17) is 11.6 Å². The highest BCUT2D eigenvalue weighted by Crippen LogP contribution is 2.41. The zero-order chi connectivity index (χ0) is 17.6. The standard InChI is InChI=1S/C16H16BrClN4O2/c1-7-6-22(8(2)5-20-7)14-9-3-11(18)12(17)15(23)13(9)21-16(24)10(14)4-19/h3,7-8,20,23H,5-6H2,1-2H3,(H,21,24)/t7-,8+/m1/s1. The number of aromatic hydroxyl groups is 1. The molecule has 2 aromatic rings. The minimum atomic E-state index is -0.525. The first kappa shape index (κ1) is 17.1. The lowest BCUT2D eigenvalue weighted by Crippen LogP contribution is -2.55. The summed E-state index contributed by atoms with van der Waals surface area (Å²) in [5.41, 5.74) is 0.287. The van der Waals surface area contributed by atoms with Gasteiger partial charge in [-0.25, -0.2) is 0 Å². The highest BCUT2D eigenvalue weighted by atomic mass is 79.9. The van der Waals surface area contributed by atoms with Gasteiger partial charge >= 0.3 is 0 Å². The first-order valence-corrected chi connectivity index (χ1v) is 8.69. The fraction of sp³-hybridized carbons (Fsp3) is 0.375. The van der Waals surface area contributed by atoms with E-state index >= 15 is 0 Å². The van der Waals surface area contributed by atoms with E-state index in [1.54, 1.807) is 6.07 Å². The maximum Gasteiger partial charge on any atom is 0.268 e. The minimum absolute atomic E-state index is 0.0289. The van der Waals surface area contributed by atoms with Crippen LogP contribution in [0.1, 0.15) is 19.4 Å². The maximum atomic E-state index is 12.4. The molecular weight excluding hydrogens is 396 g/mol. The van der Waals surface area contributed by atoms with E-state index in [1.807, 2.05) is 24.8 Å². The number of nitrogens with zero attached hydrogens (tertiary/aromatic N) is 2. The van der Waals surface area contributed by atoms with Gasteiger partial charge in [0.2, 0.25) is 0 Å². The van der Waals surface area contributed by atoms with Crippen LogP contribution in [-0.2, 0) is 0 Å². The smallest absolute Gasteiger partial charge is 0.268 e. The first-order valence-electron chi connectivity index (χ1n) is 7.52. The number of aromatic nitrogens is 1. The van der Waals surface area contributed by atoms with Crippen LogP contribution in [0.2, 0.25) is 5.02 Å². The van der Waals surface area contributed by atoms with Gasteiger partial charge in [0.15, 0.2) is 5.75 Å². The molecule has 0 spiro atoms. The van der Waals surface area contributed by atoms with Crippen molar-refractivity contribution in [1.82, 2.24) is 10.3 Å². The second-order valence-corrected chi connectivity index (χ2v) is 7.24. The number of halogens is 2. The highest BCUT2D eigenvalue weighted by Gasteiger charge is 2.28. The molecule has 0 amide bonds. The molecule has 1 aromatic carbocycles. The molecule has 1 aliphatic rings. The molecule has 126 valence electrons. The SMILES string of the molecule is C[C@@H]1CN(c2c(C#N)c(=O)[nH]c3c(O)c(Br)c(Cl)cc23)[C@@H](C)CN1. The van der Waals surface area contributed by atoms with Crippen molar-refractivity contribution >= 4 is 44.1 Å². The Morgan fingerprint density at radius 3 is 2.88 bits per heavy atom. The van der Waals surface area contributed by atoms with Gasteiger partial charge in [-0.3, -0.25) is 4.79 Å². The van der Waals surface area contributed by atoms with Crippen molar-refractivity contribution in [2.75, 3.05) is 18.0 Å². The monoisotopic (exact) mass is 410 g/mol. The Balaban J connectivity index is 2.40. The Morgan fingerprint density at radius 2 is 2.21 bits per heavy atom. The lowest BCUT2D eigenvalue weighted by atomic mass is 10.0. The molecule has 0 unspecified atom stereocenters. The average Bonchev–Trinajstić information content (AvgIpc) is 2.55. The van der Waals surface area contributed by atoms with Gasteiger partial charge in [0.05, 0.1) is 20.7 Å². The molecule has 0 radical (unpaired) electrons. The van der Waals surface area contributed by atoms with Crippen LogP contribution >= 0.6 is 27.5 Å². The third kappa shape index (κ3) is 2.65. The Morgan fingerprint density at radius 1 is 1.50 bits per heavy atom. The van der Waals surface area contributed by atoms with Crippen molar-refractivity contribution in [2.45, 2.75) is 25.9 Å². The van der Waals surface area contributed by atoms with Crippen LogP contribution < -0.4 is 15.8 Å². The molecule has 2 heterocycles. The maximum absolute atomic E-state index is 12.4. The Bertz CT molecular complexity index is 921. The number of pyridine rings is 1. The van der Waals surface area contributed by atoms with Gasteiger partial charge in [-0.15, -0.1) is 0 Å². The number of benzene rings is 1. The second-order valence-electron chi connectivity index (χ2n) is 6.04. The number of hydrogen-bond donors (Lipinski definition) is 3. The summed E-state index contributed by atoms with van der Waals surface area (Å²) in [5, 5.41) is 24.1. The predicted octanol–water partition coefficient (Wildman–Crippen LogP) is 2.71. The van der Waals surface area contributed by atoms with Crippen molar-refractivity contribution in [3.05, 3.63) is 31.5 Å². The van der Waals surface area contributed by atoms with E-state index < -0.39 is 5.56 Å². The molecule has 3 N–H and O–H groups in total. The molecule has 1 aromatic heterocycles. The molecule has 2 atom stereocenters. The van der Waals surface area contributed by atoms with Crippen LogP contribution in [0.3, 0.4) is 0 Å². The predicted molar refractivity (Wildman–Crippen MR) is 97.9 cm³/mol. The van der Waals surface area contributed by atoms with Crippen molar-refractivity contribution in [1.29, 1.82) is 5.26 Å². The summed E-state index contributed by atoms with van der Waals surface area (Å²) in [7, 11) is 0. The molecular formula is C16H16BrClN4O2. The van der Waals surface area contributed by atoms with Crippen LogP contribution in [-0.4, -0.2) is 35.3 Å². The third-order valence-electron chi connectivity index (χ3n) is 4.32. The van der Waals surface area contributed by atoms with E-state index in [0.717, 1.165) is 6.54 Å². The second kappa shape index (κ2) is 6.28. The van der Waals surface area contributed by atoms with Crippen LogP contribution in [0.15, 0.2) is 15.3 Å². The van der Waals surface area contributed by atoms with E-state index in [-0.39, 0.29) is 28.9 Å². The quantitative estimate of drug-likeness (QED) is 0.671. The van der Waals surface area contributed by atoms with E-state index in [2.05, 4.69) is 26.2 Å². The van der Waals surface area contributed by atoms with Gasteiger partial charge < -0.3 is 20.3 Å². The lowest BCUT2D eigenvalue weighted by Gasteiger charge is -2.40. The highest BCUT2D eigenvalue weighted by molar-refractivity contribution is 9.10. The summed E-state index contributed by atoms with van der Waals surface area (Å²) >= 11 is 9.40. The molecule has 6 nitrogen and oxygen atoms in total. The van der Waals surface area contributed by atoms with Gasteiger partial charge in [-0.2, -0.15) is 5.26 Å². The summed E-state index contributed by atoms with van der Waals surface area (Å²) in [6.45, 7) is 5.44. The lowest BCUT2D eigenvalue weighted by molar-refractivity contribution is 0.425. The van der Waals surface area contributed by atoms with Crippen LogP contribution in [0.4, 0.5) is 5.69 Å². The fourth-order valence-electron chi connectivity index (χ4n) is 3.08. The number of nitrogens with one attached hydrogen (secondary N) is 2. The first-order chi connectivity index (χ1) is 11.3. The van der Waals surface area contributed by atoms with Gasteiger partial charge in [-0.05, 0) is 35.8 Å². The fourth-order valence-corrected chi connectivity index (χ4v) is 3.59. The Hall–Kier alpha value is -1.75. The zero-order valence-corrected chi connectivity index (χ0v) is 15.5. The number of H-pyrrole nitrogens is 1. The van der Waals surface area contributed by atoms with Crippen molar-refractivity contribution in [2.24, 2.45) is 0 Å². The Kier molecular flexibility index (Phi) is 4.47. The third-order valence-corrected chi connectivity index (χ3v) is 5.64. The average molecular weight is 412 g/mol. The van der Waals surface area contributed by atoms with E-state index in [9.17, 15) is 15.2 Å². The number of hydrogen-bond acceptors (Lipinski definition) is 5. The molecule has 3 rings (SSSR count). The van der Waals surface area contributed by atoms with Gasteiger partial charge in [0, 0.05) is 30.6 Å². The minimum Gasteiger partial charge on any atom is -0.505 e.